The zero-order valence-electron chi connectivity index (χ0n) is 20.3. The quantitative estimate of drug-likeness (QED) is 0.314. The van der Waals surface area contributed by atoms with Crippen LogP contribution in [0.15, 0.2) is 72.8 Å². The van der Waals surface area contributed by atoms with E-state index >= 15 is 0 Å². The molecule has 1 heterocycles. The Bertz CT molecular complexity index is 1210. The molecule has 3 aromatic rings. The molecule has 0 spiro atoms. The number of rotatable bonds is 7. The Labute approximate surface area is 202 Å². The number of carbonyl (C=O) groups excluding carboxylic acids is 1. The van der Waals surface area contributed by atoms with Crippen LogP contribution in [0.2, 0.25) is 19.6 Å². The van der Waals surface area contributed by atoms with Crippen LogP contribution in [-0.4, -0.2) is 19.0 Å². The smallest absolute Gasteiger partial charge is 0.311 e. The molecule has 0 bridgehead atoms. The van der Waals surface area contributed by atoms with E-state index in [1.165, 1.54) is 5.19 Å². The van der Waals surface area contributed by atoms with Crippen molar-refractivity contribution in [3.05, 3.63) is 84.1 Å². The number of carbonyl (C=O) groups is 1. The fourth-order valence-electron chi connectivity index (χ4n) is 4.48. The number of pyridine rings is 1. The maximum absolute atomic E-state index is 13.1. The average Bonchev–Trinajstić information content (AvgIpc) is 3.39. The Morgan fingerprint density at radius 3 is 2.29 bits per heavy atom. The highest BCUT2D eigenvalue weighted by atomic mass is 28.3. The summed E-state index contributed by atoms with van der Waals surface area (Å²) < 4.78 is 11.4. The molecular formula is C28H30N2O3Si. The van der Waals surface area contributed by atoms with Gasteiger partial charge >= 0.3 is 5.97 Å². The summed E-state index contributed by atoms with van der Waals surface area (Å²) in [6.07, 6.45) is -1.10. The molecule has 174 valence electrons. The molecule has 6 heteroatoms. The molecule has 1 aliphatic carbocycles. The van der Waals surface area contributed by atoms with Gasteiger partial charge in [-0.25, -0.2) is 4.98 Å². The maximum atomic E-state index is 13.1. The lowest BCUT2D eigenvalue weighted by Crippen LogP contribution is -2.37. The summed E-state index contributed by atoms with van der Waals surface area (Å²) in [6, 6.07) is 25.1. The predicted octanol–water partition coefficient (Wildman–Crippen LogP) is 5.97. The standard InChI is InChI=1S/C28H30N2O3Si/c1-28(2)25(19-14-16-21(17-15-19)34(3,4)5)26(28)27(31)33-23(18-29)22-12-9-13-24(30-22)32-20-10-7-6-8-11-20/h6-17,23,25-26H,1-5H3. The lowest BCUT2D eigenvalue weighted by molar-refractivity contribution is -0.149. The molecule has 1 saturated carbocycles. The van der Waals surface area contributed by atoms with Gasteiger partial charge in [0.1, 0.15) is 11.8 Å². The van der Waals surface area contributed by atoms with Crippen molar-refractivity contribution in [2.45, 2.75) is 45.5 Å². The molecule has 1 aliphatic rings. The Morgan fingerprint density at radius 2 is 1.68 bits per heavy atom. The van der Waals surface area contributed by atoms with Gasteiger partial charge in [-0.15, -0.1) is 0 Å². The summed E-state index contributed by atoms with van der Waals surface area (Å²) in [5.41, 5.74) is 1.25. The van der Waals surface area contributed by atoms with Crippen LogP contribution in [0.3, 0.4) is 0 Å². The van der Waals surface area contributed by atoms with E-state index in [1.807, 2.05) is 30.3 Å². The van der Waals surface area contributed by atoms with Crippen molar-refractivity contribution in [1.29, 1.82) is 5.26 Å². The second kappa shape index (κ2) is 9.07. The van der Waals surface area contributed by atoms with E-state index in [0.717, 1.165) is 5.56 Å². The number of nitriles is 1. The van der Waals surface area contributed by atoms with Gasteiger partial charge in [-0.05, 0) is 29.2 Å². The van der Waals surface area contributed by atoms with Crippen LogP contribution in [0.5, 0.6) is 11.6 Å². The van der Waals surface area contributed by atoms with Crippen molar-refractivity contribution in [2.24, 2.45) is 11.3 Å². The van der Waals surface area contributed by atoms with E-state index in [-0.39, 0.29) is 23.2 Å². The molecular weight excluding hydrogens is 440 g/mol. The second-order valence-electron chi connectivity index (χ2n) is 10.4. The number of aromatic nitrogens is 1. The highest BCUT2D eigenvalue weighted by Crippen LogP contribution is 2.65. The zero-order valence-corrected chi connectivity index (χ0v) is 21.3. The maximum Gasteiger partial charge on any atom is 0.311 e. The van der Waals surface area contributed by atoms with Crippen molar-refractivity contribution in [3.63, 3.8) is 0 Å². The molecule has 0 radical (unpaired) electrons. The van der Waals surface area contributed by atoms with Gasteiger partial charge in [-0.1, -0.05) is 87.2 Å². The van der Waals surface area contributed by atoms with E-state index in [9.17, 15) is 10.1 Å². The third-order valence-corrected chi connectivity index (χ3v) is 8.61. The summed E-state index contributed by atoms with van der Waals surface area (Å²) in [4.78, 5) is 17.5. The van der Waals surface area contributed by atoms with Crippen molar-refractivity contribution in [3.8, 4) is 17.7 Å². The van der Waals surface area contributed by atoms with Gasteiger partial charge in [0.25, 0.3) is 0 Å². The Balaban J connectivity index is 1.47. The van der Waals surface area contributed by atoms with Crippen molar-refractivity contribution >= 4 is 19.2 Å². The Morgan fingerprint density at radius 1 is 1.00 bits per heavy atom. The van der Waals surface area contributed by atoms with Crippen molar-refractivity contribution in [1.82, 2.24) is 4.98 Å². The molecule has 34 heavy (non-hydrogen) atoms. The van der Waals surface area contributed by atoms with E-state index in [2.05, 4.69) is 68.8 Å². The van der Waals surface area contributed by atoms with Crippen LogP contribution in [0.25, 0.3) is 0 Å². The van der Waals surface area contributed by atoms with E-state index < -0.39 is 14.2 Å². The predicted molar refractivity (Wildman–Crippen MR) is 135 cm³/mol. The lowest BCUT2D eigenvalue weighted by atomic mass is 10.0. The summed E-state index contributed by atoms with van der Waals surface area (Å²) in [7, 11) is -1.38. The monoisotopic (exact) mass is 470 g/mol. The van der Waals surface area contributed by atoms with Crippen LogP contribution in [0.1, 0.15) is 37.1 Å². The van der Waals surface area contributed by atoms with Gasteiger partial charge < -0.3 is 9.47 Å². The number of hydrogen-bond acceptors (Lipinski definition) is 5. The zero-order chi connectivity index (χ0) is 24.5. The number of ether oxygens (including phenoxy) is 2. The topological polar surface area (TPSA) is 72.2 Å². The number of benzene rings is 2. The number of esters is 1. The van der Waals surface area contributed by atoms with Gasteiger partial charge in [0, 0.05) is 12.0 Å². The van der Waals surface area contributed by atoms with Crippen LogP contribution >= 0.6 is 0 Å². The van der Waals surface area contributed by atoms with Crippen LogP contribution in [-0.2, 0) is 9.53 Å². The molecule has 1 aromatic heterocycles. The first-order valence-corrected chi connectivity index (χ1v) is 15.0. The first-order valence-electron chi connectivity index (χ1n) is 11.5. The van der Waals surface area contributed by atoms with E-state index in [1.54, 1.807) is 18.2 Å². The van der Waals surface area contributed by atoms with Gasteiger partial charge in [0.05, 0.1) is 19.7 Å². The first-order chi connectivity index (χ1) is 16.1. The largest absolute Gasteiger partial charge is 0.440 e. The first kappa shape index (κ1) is 23.7. The normalized spacial score (nSPS) is 19.5. The SMILES string of the molecule is CC1(C)C(C(=O)OC(C#N)c2cccc(Oc3ccccc3)n2)C1c1ccc([Si](C)(C)C)cc1. The molecule has 0 amide bonds. The lowest BCUT2D eigenvalue weighted by Gasteiger charge is -2.17. The third kappa shape index (κ3) is 4.90. The molecule has 0 N–H and O–H groups in total. The highest BCUT2D eigenvalue weighted by molar-refractivity contribution is 6.88. The second-order valence-corrected chi connectivity index (χ2v) is 15.5. The number of nitrogens with zero attached hydrogens (tertiary/aromatic N) is 2. The average molecular weight is 471 g/mol. The van der Waals surface area contributed by atoms with Gasteiger partial charge in [0.15, 0.2) is 0 Å². The fourth-order valence-corrected chi connectivity index (χ4v) is 5.64. The number of hydrogen-bond donors (Lipinski definition) is 0. The molecule has 3 unspecified atom stereocenters. The van der Waals surface area contributed by atoms with E-state index in [4.69, 9.17) is 9.47 Å². The van der Waals surface area contributed by atoms with Gasteiger partial charge in [-0.2, -0.15) is 5.26 Å². The minimum absolute atomic E-state index is 0.0655. The summed E-state index contributed by atoms with van der Waals surface area (Å²) >= 11 is 0. The van der Waals surface area contributed by atoms with Crippen LogP contribution in [0, 0.1) is 22.7 Å². The van der Waals surface area contributed by atoms with Crippen LogP contribution in [0.4, 0.5) is 0 Å². The van der Waals surface area contributed by atoms with E-state index in [0.29, 0.717) is 17.3 Å². The summed E-state index contributed by atoms with van der Waals surface area (Å²) in [6.45, 7) is 11.1. The summed E-state index contributed by atoms with van der Waals surface area (Å²) in [5.74, 6) is 0.375. The Kier molecular flexibility index (Phi) is 6.33. The van der Waals surface area contributed by atoms with Crippen LogP contribution < -0.4 is 9.92 Å². The van der Waals surface area contributed by atoms with Gasteiger partial charge in [-0.3, -0.25) is 4.79 Å². The third-order valence-electron chi connectivity index (χ3n) is 6.55. The van der Waals surface area contributed by atoms with Gasteiger partial charge in [0.2, 0.25) is 12.0 Å². The molecule has 5 nitrogen and oxygen atoms in total. The highest BCUT2D eigenvalue weighted by Gasteiger charge is 2.63. The van der Waals surface area contributed by atoms with Crippen molar-refractivity contribution in [2.75, 3.05) is 0 Å². The molecule has 3 atom stereocenters. The molecule has 4 rings (SSSR count). The fraction of sp³-hybridized carbons (Fsp3) is 0.321. The summed E-state index contributed by atoms with van der Waals surface area (Å²) in [5, 5.41) is 11.1. The molecule has 0 aliphatic heterocycles. The number of para-hydroxylation sites is 1. The minimum atomic E-state index is -1.38. The molecule has 1 fully saturated rings. The minimum Gasteiger partial charge on any atom is -0.440 e. The van der Waals surface area contributed by atoms with Crippen molar-refractivity contribution < 1.29 is 14.3 Å². The Hall–Kier alpha value is -3.43. The molecule has 2 aromatic carbocycles. The molecule has 0 saturated heterocycles.